The van der Waals surface area contributed by atoms with E-state index in [-0.39, 0.29) is 11.8 Å². The van der Waals surface area contributed by atoms with Gasteiger partial charge in [-0.1, -0.05) is 12.1 Å². The van der Waals surface area contributed by atoms with Gasteiger partial charge in [-0.15, -0.1) is 0 Å². The summed E-state index contributed by atoms with van der Waals surface area (Å²) in [6.45, 7) is 0.987. The van der Waals surface area contributed by atoms with Gasteiger partial charge in [0.25, 0.3) is 5.91 Å². The molecule has 0 spiro atoms. The first-order valence-electron chi connectivity index (χ1n) is 9.12. The van der Waals surface area contributed by atoms with Crippen LogP contribution in [0, 0.1) is 0 Å². The van der Waals surface area contributed by atoms with E-state index < -0.39 is 6.09 Å². The van der Waals surface area contributed by atoms with Gasteiger partial charge in [-0.3, -0.25) is 9.78 Å². The normalized spacial score (nSPS) is 15.0. The summed E-state index contributed by atoms with van der Waals surface area (Å²) in [5.74, 6) is 0.558. The molecule has 1 saturated heterocycles. The smallest absolute Gasteiger partial charge is 0.407 e. The van der Waals surface area contributed by atoms with E-state index in [1.54, 1.807) is 19.3 Å². The zero-order chi connectivity index (χ0) is 19.7. The Morgan fingerprint density at radius 2 is 1.93 bits per heavy atom. The van der Waals surface area contributed by atoms with Crippen LogP contribution >= 0.6 is 0 Å². The number of carboxylic acid groups (broad SMARTS) is 1. The van der Waals surface area contributed by atoms with E-state index in [0.29, 0.717) is 43.1 Å². The average molecular weight is 380 g/mol. The van der Waals surface area contributed by atoms with Crippen molar-refractivity contribution in [2.45, 2.75) is 18.8 Å². The number of rotatable bonds is 3. The fourth-order valence-corrected chi connectivity index (χ4v) is 3.44. The molecule has 0 aliphatic carbocycles. The van der Waals surface area contributed by atoms with Crippen LogP contribution in [0.15, 0.2) is 40.9 Å². The summed E-state index contributed by atoms with van der Waals surface area (Å²) in [7, 11) is 1.57. The van der Waals surface area contributed by atoms with Crippen LogP contribution in [0.25, 0.3) is 22.2 Å². The highest BCUT2D eigenvalue weighted by Gasteiger charge is 2.26. The van der Waals surface area contributed by atoms with E-state index in [1.807, 2.05) is 24.3 Å². The molecule has 4 rings (SSSR count). The van der Waals surface area contributed by atoms with Crippen molar-refractivity contribution >= 4 is 23.1 Å². The molecular formula is C20H20N4O4. The molecule has 3 heterocycles. The van der Waals surface area contributed by atoms with Crippen molar-refractivity contribution in [3.63, 3.8) is 0 Å². The minimum Gasteiger partial charge on any atom is -0.465 e. The maximum Gasteiger partial charge on any atom is 0.407 e. The number of aromatic nitrogens is 2. The number of benzene rings is 1. The lowest BCUT2D eigenvalue weighted by molar-refractivity contribution is 0.0958. The Bertz CT molecular complexity index is 1020. The second-order valence-electron chi connectivity index (χ2n) is 6.79. The Balaban J connectivity index is 1.55. The minimum atomic E-state index is -0.878. The maximum absolute atomic E-state index is 11.6. The number of hydrogen-bond acceptors (Lipinski definition) is 5. The summed E-state index contributed by atoms with van der Waals surface area (Å²) in [6, 6.07) is 9.27. The number of amides is 2. The Hall–Kier alpha value is -3.42. The molecule has 1 aromatic carbocycles. The summed E-state index contributed by atoms with van der Waals surface area (Å²) in [4.78, 5) is 32.9. The number of carbonyl (C=O) groups excluding carboxylic acids is 1. The van der Waals surface area contributed by atoms with Crippen molar-refractivity contribution < 1.29 is 19.1 Å². The fourth-order valence-electron chi connectivity index (χ4n) is 3.44. The molecule has 0 bridgehead atoms. The van der Waals surface area contributed by atoms with Crippen molar-refractivity contribution in [1.82, 2.24) is 20.2 Å². The third kappa shape index (κ3) is 3.40. The van der Waals surface area contributed by atoms with E-state index in [1.165, 1.54) is 4.90 Å². The third-order valence-corrected chi connectivity index (χ3v) is 5.08. The van der Waals surface area contributed by atoms with Crippen LogP contribution in [0.4, 0.5) is 4.79 Å². The van der Waals surface area contributed by atoms with Crippen molar-refractivity contribution in [2.75, 3.05) is 20.1 Å². The number of fused-ring (bicyclic) bond motifs is 1. The standard InChI is InChI=1S/C20H20N4O4/c1-21-18(25)15-4-2-14(11-22-15)13-3-5-17-16(10-13)23-19(28-17)12-6-8-24(9-7-12)20(26)27/h2-5,10-12H,6-9H2,1H3,(H,21,25)(H,26,27). The number of piperidine rings is 1. The van der Waals surface area contributed by atoms with E-state index in [9.17, 15) is 9.59 Å². The molecule has 2 N–H and O–H groups in total. The van der Waals surface area contributed by atoms with Crippen LogP contribution in [0.3, 0.4) is 0 Å². The average Bonchev–Trinajstić information content (AvgIpc) is 3.16. The SMILES string of the molecule is CNC(=O)c1ccc(-c2ccc3oc(C4CCN(C(=O)O)CC4)nc3c2)cn1. The van der Waals surface area contributed by atoms with Gasteiger partial charge in [-0.25, -0.2) is 9.78 Å². The molecule has 0 atom stereocenters. The molecule has 2 amide bonds. The van der Waals surface area contributed by atoms with Gasteiger partial charge in [0.2, 0.25) is 0 Å². The molecule has 1 aliphatic rings. The lowest BCUT2D eigenvalue weighted by Crippen LogP contribution is -2.36. The van der Waals surface area contributed by atoms with Crippen LogP contribution in [0.2, 0.25) is 0 Å². The highest BCUT2D eigenvalue weighted by molar-refractivity contribution is 5.92. The number of carbonyl (C=O) groups is 2. The van der Waals surface area contributed by atoms with Gasteiger partial charge in [0.05, 0.1) is 0 Å². The number of nitrogens with zero attached hydrogens (tertiary/aromatic N) is 3. The van der Waals surface area contributed by atoms with E-state index >= 15 is 0 Å². The molecule has 1 fully saturated rings. The molecule has 0 saturated carbocycles. The predicted molar refractivity (Wildman–Crippen MR) is 102 cm³/mol. The number of pyridine rings is 1. The molecule has 0 unspecified atom stereocenters. The molecule has 8 heteroatoms. The Morgan fingerprint density at radius 3 is 2.57 bits per heavy atom. The first-order chi connectivity index (χ1) is 13.5. The van der Waals surface area contributed by atoms with Crippen LogP contribution in [-0.4, -0.2) is 52.1 Å². The minimum absolute atomic E-state index is 0.125. The molecule has 1 aliphatic heterocycles. The highest BCUT2D eigenvalue weighted by Crippen LogP contribution is 2.31. The second kappa shape index (κ2) is 7.30. The molecular weight excluding hydrogens is 360 g/mol. The lowest BCUT2D eigenvalue weighted by Gasteiger charge is -2.28. The van der Waals surface area contributed by atoms with Crippen molar-refractivity contribution in [3.8, 4) is 11.1 Å². The summed E-state index contributed by atoms with van der Waals surface area (Å²) in [6.07, 6.45) is 2.19. The summed E-state index contributed by atoms with van der Waals surface area (Å²) in [5, 5.41) is 11.6. The molecule has 0 radical (unpaired) electrons. The van der Waals surface area contributed by atoms with Crippen LogP contribution < -0.4 is 5.32 Å². The topological polar surface area (TPSA) is 109 Å². The van der Waals surface area contributed by atoms with Gasteiger partial charge < -0.3 is 19.7 Å². The van der Waals surface area contributed by atoms with Crippen molar-refractivity contribution in [3.05, 3.63) is 48.1 Å². The molecule has 28 heavy (non-hydrogen) atoms. The number of hydrogen-bond donors (Lipinski definition) is 2. The zero-order valence-electron chi connectivity index (χ0n) is 15.4. The van der Waals surface area contributed by atoms with Gasteiger partial charge in [0.15, 0.2) is 11.5 Å². The van der Waals surface area contributed by atoms with Crippen LogP contribution in [-0.2, 0) is 0 Å². The largest absolute Gasteiger partial charge is 0.465 e. The Morgan fingerprint density at radius 1 is 1.18 bits per heavy atom. The Kier molecular flexibility index (Phi) is 4.68. The number of oxazole rings is 1. The fraction of sp³-hybridized carbons (Fsp3) is 0.300. The summed E-state index contributed by atoms with van der Waals surface area (Å²) in [5.41, 5.74) is 3.64. The van der Waals surface area contributed by atoms with Gasteiger partial charge in [-0.05, 0) is 36.6 Å². The van der Waals surface area contributed by atoms with Gasteiger partial charge >= 0.3 is 6.09 Å². The van der Waals surface area contributed by atoms with Gasteiger partial charge in [0, 0.05) is 37.8 Å². The second-order valence-corrected chi connectivity index (χ2v) is 6.79. The van der Waals surface area contributed by atoms with Crippen molar-refractivity contribution in [1.29, 1.82) is 0 Å². The molecule has 3 aromatic rings. The monoisotopic (exact) mass is 380 g/mol. The third-order valence-electron chi connectivity index (χ3n) is 5.08. The van der Waals surface area contributed by atoms with Crippen LogP contribution in [0.1, 0.15) is 35.1 Å². The molecule has 2 aromatic heterocycles. The Labute approximate surface area is 161 Å². The maximum atomic E-state index is 11.6. The van der Waals surface area contributed by atoms with Gasteiger partial charge in [-0.2, -0.15) is 0 Å². The lowest BCUT2D eigenvalue weighted by atomic mass is 9.97. The predicted octanol–water partition coefficient (Wildman–Crippen LogP) is 3.11. The molecule has 8 nitrogen and oxygen atoms in total. The number of likely N-dealkylation sites (tertiary alicyclic amines) is 1. The summed E-state index contributed by atoms with van der Waals surface area (Å²) >= 11 is 0. The van der Waals surface area contributed by atoms with Gasteiger partial charge in [0.1, 0.15) is 11.2 Å². The molecule has 144 valence electrons. The zero-order valence-corrected chi connectivity index (χ0v) is 15.4. The van der Waals surface area contributed by atoms with Crippen LogP contribution in [0.5, 0.6) is 0 Å². The van der Waals surface area contributed by atoms with E-state index in [2.05, 4.69) is 15.3 Å². The highest BCUT2D eigenvalue weighted by atomic mass is 16.4. The van der Waals surface area contributed by atoms with Crippen molar-refractivity contribution in [2.24, 2.45) is 0 Å². The quantitative estimate of drug-likeness (QED) is 0.723. The first kappa shape index (κ1) is 18.0. The van der Waals surface area contributed by atoms with E-state index in [0.717, 1.165) is 16.6 Å². The number of nitrogens with one attached hydrogen (secondary N) is 1. The summed E-state index contributed by atoms with van der Waals surface area (Å²) < 4.78 is 5.91. The van der Waals surface area contributed by atoms with E-state index in [4.69, 9.17) is 9.52 Å². The first-order valence-corrected chi connectivity index (χ1v) is 9.12.